The summed E-state index contributed by atoms with van der Waals surface area (Å²) in [6.45, 7) is 2.16. The summed E-state index contributed by atoms with van der Waals surface area (Å²) in [7, 11) is 0. The maximum absolute atomic E-state index is 6.31. The normalized spacial score (nSPS) is 19.2. The van der Waals surface area contributed by atoms with Crippen LogP contribution in [0, 0.1) is 5.92 Å². The standard InChI is InChI=1S/C15H24N2/c1-2-12-8-9-14(17-11-12)10-15(16)13-6-4-3-5-7-13/h8-9,11,13,15H,2-7,10,16H2,1H3. The predicted octanol–water partition coefficient (Wildman–Crippen LogP) is 3.09. The molecule has 1 fully saturated rings. The van der Waals surface area contributed by atoms with E-state index < -0.39 is 0 Å². The van der Waals surface area contributed by atoms with E-state index in [0.717, 1.165) is 24.5 Å². The summed E-state index contributed by atoms with van der Waals surface area (Å²) >= 11 is 0. The molecule has 0 radical (unpaired) electrons. The maximum Gasteiger partial charge on any atom is 0.0419 e. The van der Waals surface area contributed by atoms with Gasteiger partial charge in [-0.05, 0) is 36.8 Å². The smallest absolute Gasteiger partial charge is 0.0419 e. The minimum atomic E-state index is 0.301. The van der Waals surface area contributed by atoms with Crippen molar-refractivity contribution in [3.63, 3.8) is 0 Å². The molecule has 1 unspecified atom stereocenters. The highest BCUT2D eigenvalue weighted by atomic mass is 14.7. The van der Waals surface area contributed by atoms with E-state index >= 15 is 0 Å². The zero-order valence-electron chi connectivity index (χ0n) is 10.9. The molecular formula is C15H24N2. The number of hydrogen-bond acceptors (Lipinski definition) is 2. The molecule has 2 heteroatoms. The molecule has 1 atom stereocenters. The summed E-state index contributed by atoms with van der Waals surface area (Å²) < 4.78 is 0. The van der Waals surface area contributed by atoms with Gasteiger partial charge in [0.2, 0.25) is 0 Å². The molecular weight excluding hydrogens is 208 g/mol. The average Bonchev–Trinajstić information content (AvgIpc) is 2.40. The molecule has 1 aromatic rings. The van der Waals surface area contributed by atoms with Crippen molar-refractivity contribution < 1.29 is 0 Å². The Morgan fingerprint density at radius 2 is 2.06 bits per heavy atom. The van der Waals surface area contributed by atoms with Crippen LogP contribution in [0.15, 0.2) is 18.3 Å². The summed E-state index contributed by atoms with van der Waals surface area (Å²) in [5.74, 6) is 0.719. The van der Waals surface area contributed by atoms with E-state index in [4.69, 9.17) is 5.73 Å². The van der Waals surface area contributed by atoms with Gasteiger partial charge in [0.25, 0.3) is 0 Å². The Labute approximate surface area is 105 Å². The molecule has 17 heavy (non-hydrogen) atoms. The zero-order valence-corrected chi connectivity index (χ0v) is 10.9. The van der Waals surface area contributed by atoms with Gasteiger partial charge < -0.3 is 5.73 Å². The topological polar surface area (TPSA) is 38.9 Å². The Kier molecular flexibility index (Phi) is 4.55. The lowest BCUT2D eigenvalue weighted by Gasteiger charge is -2.27. The van der Waals surface area contributed by atoms with Crippen molar-refractivity contribution in [1.82, 2.24) is 4.98 Å². The summed E-state index contributed by atoms with van der Waals surface area (Å²) in [4.78, 5) is 4.50. The molecule has 0 aliphatic heterocycles. The Hall–Kier alpha value is -0.890. The molecule has 1 saturated carbocycles. The van der Waals surface area contributed by atoms with Crippen molar-refractivity contribution >= 4 is 0 Å². The number of aromatic nitrogens is 1. The molecule has 94 valence electrons. The first-order chi connectivity index (χ1) is 8.29. The van der Waals surface area contributed by atoms with Crippen LogP contribution in [-0.4, -0.2) is 11.0 Å². The van der Waals surface area contributed by atoms with Gasteiger partial charge in [-0.25, -0.2) is 0 Å². The quantitative estimate of drug-likeness (QED) is 0.866. The lowest BCUT2D eigenvalue weighted by Crippen LogP contribution is -2.33. The Balaban J connectivity index is 1.89. The second kappa shape index (κ2) is 6.15. The first-order valence-corrected chi connectivity index (χ1v) is 6.99. The lowest BCUT2D eigenvalue weighted by atomic mass is 9.82. The molecule has 1 aromatic heterocycles. The first kappa shape index (κ1) is 12.6. The molecule has 0 saturated heterocycles. The fourth-order valence-electron chi connectivity index (χ4n) is 2.76. The second-order valence-electron chi connectivity index (χ2n) is 5.28. The van der Waals surface area contributed by atoms with Gasteiger partial charge in [0.05, 0.1) is 0 Å². The first-order valence-electron chi connectivity index (χ1n) is 6.99. The van der Waals surface area contributed by atoms with Crippen LogP contribution < -0.4 is 5.73 Å². The SMILES string of the molecule is CCc1ccc(CC(N)C2CCCCC2)nc1. The van der Waals surface area contributed by atoms with Crippen molar-refractivity contribution in [2.24, 2.45) is 11.7 Å². The van der Waals surface area contributed by atoms with E-state index in [1.807, 2.05) is 6.20 Å². The van der Waals surface area contributed by atoms with Gasteiger partial charge in [-0.3, -0.25) is 4.98 Å². The molecule has 2 N–H and O–H groups in total. The Morgan fingerprint density at radius 1 is 1.29 bits per heavy atom. The number of nitrogens with zero attached hydrogens (tertiary/aromatic N) is 1. The Morgan fingerprint density at radius 3 is 2.65 bits per heavy atom. The minimum absolute atomic E-state index is 0.301. The lowest BCUT2D eigenvalue weighted by molar-refractivity contribution is 0.302. The molecule has 1 heterocycles. The van der Waals surface area contributed by atoms with Crippen LogP contribution in [0.2, 0.25) is 0 Å². The summed E-state index contributed by atoms with van der Waals surface area (Å²) in [5.41, 5.74) is 8.77. The monoisotopic (exact) mass is 232 g/mol. The van der Waals surface area contributed by atoms with Crippen LogP contribution in [0.4, 0.5) is 0 Å². The van der Waals surface area contributed by atoms with Gasteiger partial charge in [-0.2, -0.15) is 0 Å². The van der Waals surface area contributed by atoms with E-state index in [1.165, 1.54) is 37.7 Å². The van der Waals surface area contributed by atoms with Crippen molar-refractivity contribution in [1.29, 1.82) is 0 Å². The summed E-state index contributed by atoms with van der Waals surface area (Å²) in [5, 5.41) is 0. The van der Waals surface area contributed by atoms with Gasteiger partial charge in [-0.15, -0.1) is 0 Å². The molecule has 2 rings (SSSR count). The average molecular weight is 232 g/mol. The van der Waals surface area contributed by atoms with Crippen LogP contribution in [0.1, 0.15) is 50.3 Å². The van der Waals surface area contributed by atoms with E-state index in [9.17, 15) is 0 Å². The third kappa shape index (κ3) is 3.53. The zero-order chi connectivity index (χ0) is 12.1. The number of aryl methyl sites for hydroxylation is 1. The number of rotatable bonds is 4. The van der Waals surface area contributed by atoms with Crippen LogP contribution in [0.25, 0.3) is 0 Å². The maximum atomic E-state index is 6.31. The van der Waals surface area contributed by atoms with E-state index in [2.05, 4.69) is 24.0 Å². The highest BCUT2D eigenvalue weighted by molar-refractivity contribution is 5.14. The van der Waals surface area contributed by atoms with E-state index in [1.54, 1.807) is 0 Å². The molecule has 0 aromatic carbocycles. The largest absolute Gasteiger partial charge is 0.327 e. The number of pyridine rings is 1. The van der Waals surface area contributed by atoms with Gasteiger partial charge in [0.15, 0.2) is 0 Å². The molecule has 0 bridgehead atoms. The highest BCUT2D eigenvalue weighted by Gasteiger charge is 2.20. The number of nitrogens with two attached hydrogens (primary N) is 1. The summed E-state index contributed by atoms with van der Waals surface area (Å²) in [6.07, 6.45) is 10.7. The molecule has 0 amide bonds. The third-order valence-electron chi connectivity index (χ3n) is 3.99. The fraction of sp³-hybridized carbons (Fsp3) is 0.667. The number of hydrogen-bond donors (Lipinski definition) is 1. The van der Waals surface area contributed by atoms with Crippen LogP contribution in [-0.2, 0) is 12.8 Å². The van der Waals surface area contributed by atoms with E-state index in [0.29, 0.717) is 6.04 Å². The fourth-order valence-corrected chi connectivity index (χ4v) is 2.76. The second-order valence-corrected chi connectivity index (χ2v) is 5.28. The van der Waals surface area contributed by atoms with Gasteiger partial charge in [-0.1, -0.05) is 32.3 Å². The van der Waals surface area contributed by atoms with E-state index in [-0.39, 0.29) is 0 Å². The molecule has 2 nitrogen and oxygen atoms in total. The van der Waals surface area contributed by atoms with Crippen molar-refractivity contribution in [3.05, 3.63) is 29.6 Å². The molecule has 0 spiro atoms. The minimum Gasteiger partial charge on any atom is -0.327 e. The Bertz CT molecular complexity index is 325. The molecule has 1 aliphatic carbocycles. The van der Waals surface area contributed by atoms with Crippen molar-refractivity contribution in [2.75, 3.05) is 0 Å². The summed E-state index contributed by atoms with van der Waals surface area (Å²) in [6, 6.07) is 4.62. The van der Waals surface area contributed by atoms with Gasteiger partial charge in [0.1, 0.15) is 0 Å². The third-order valence-corrected chi connectivity index (χ3v) is 3.99. The van der Waals surface area contributed by atoms with Gasteiger partial charge >= 0.3 is 0 Å². The molecule has 1 aliphatic rings. The highest BCUT2D eigenvalue weighted by Crippen LogP contribution is 2.26. The van der Waals surface area contributed by atoms with Crippen LogP contribution >= 0.6 is 0 Å². The van der Waals surface area contributed by atoms with Crippen molar-refractivity contribution in [3.8, 4) is 0 Å². The van der Waals surface area contributed by atoms with Crippen molar-refractivity contribution in [2.45, 2.75) is 57.9 Å². The van der Waals surface area contributed by atoms with Crippen LogP contribution in [0.5, 0.6) is 0 Å². The van der Waals surface area contributed by atoms with Gasteiger partial charge in [0, 0.05) is 24.4 Å². The predicted molar refractivity (Wildman–Crippen MR) is 71.9 cm³/mol. The van der Waals surface area contributed by atoms with Crippen LogP contribution in [0.3, 0.4) is 0 Å².